The second-order valence-corrected chi connectivity index (χ2v) is 9.37. The summed E-state index contributed by atoms with van der Waals surface area (Å²) in [6.07, 6.45) is 4.07. The number of likely N-dealkylation sites (tertiary alicyclic amines) is 1. The maximum Gasteiger partial charge on any atom is 0.231 e. The van der Waals surface area contributed by atoms with Crippen LogP contribution >= 0.6 is 15.9 Å². The lowest BCUT2D eigenvalue weighted by Crippen LogP contribution is -2.33. The highest BCUT2D eigenvalue weighted by molar-refractivity contribution is 9.10. The molecule has 0 unspecified atom stereocenters. The SMILES string of the molecule is C[C@H]1CCCN(Cc2c(O)ccc3c2O/C(=C\c2cc(Br)cc4c2OCOC4)C3=O)C1. The number of aromatic hydroxyl groups is 1. The van der Waals surface area contributed by atoms with Gasteiger partial charge in [-0.1, -0.05) is 22.9 Å². The molecule has 1 N–H and O–H groups in total. The maximum atomic E-state index is 13.1. The number of Topliss-reactive ketones (excluding diaryl/α,β-unsaturated/α-hetero) is 1. The Bertz CT molecular complexity index is 1080. The number of allylic oxidation sites excluding steroid dienone is 1. The molecule has 6 nitrogen and oxygen atoms in total. The molecule has 5 rings (SSSR count). The van der Waals surface area contributed by atoms with Crippen LogP contribution in [0.3, 0.4) is 0 Å². The van der Waals surface area contributed by atoms with E-state index in [1.165, 1.54) is 6.42 Å². The summed E-state index contributed by atoms with van der Waals surface area (Å²) in [4.78, 5) is 15.4. The number of nitrogens with zero attached hydrogens (tertiary/aromatic N) is 1. The number of carbonyl (C=O) groups is 1. The Hall–Kier alpha value is -2.35. The van der Waals surface area contributed by atoms with E-state index in [-0.39, 0.29) is 24.1 Å². The van der Waals surface area contributed by atoms with E-state index < -0.39 is 0 Å². The second kappa shape index (κ2) is 8.30. The molecule has 2 aromatic carbocycles. The number of phenols is 1. The summed E-state index contributed by atoms with van der Waals surface area (Å²) in [5.74, 6) is 1.97. The molecule has 2 aromatic rings. The van der Waals surface area contributed by atoms with Crippen LogP contribution < -0.4 is 9.47 Å². The van der Waals surface area contributed by atoms with Crippen molar-refractivity contribution in [2.45, 2.75) is 32.9 Å². The number of rotatable bonds is 3. The summed E-state index contributed by atoms with van der Waals surface area (Å²) in [7, 11) is 0. The largest absolute Gasteiger partial charge is 0.507 e. The lowest BCUT2D eigenvalue weighted by Gasteiger charge is -2.31. The molecule has 0 aromatic heterocycles. The Morgan fingerprint density at radius 1 is 1.29 bits per heavy atom. The Morgan fingerprint density at radius 2 is 2.16 bits per heavy atom. The van der Waals surface area contributed by atoms with Gasteiger partial charge in [0, 0.05) is 28.7 Å². The topological polar surface area (TPSA) is 68.2 Å². The standard InChI is InChI=1S/C24H24BrNO5/c1-14-3-2-6-26(10-14)11-19-20(27)5-4-18-22(28)21(31-24(18)19)9-15-7-17(25)8-16-12-29-13-30-23(15)16/h4-5,7-9,14,27H,2-3,6,10-13H2,1H3/b21-9-/t14-/m0/s1. The third kappa shape index (κ3) is 3.97. The van der Waals surface area contributed by atoms with E-state index in [0.717, 1.165) is 35.1 Å². The maximum absolute atomic E-state index is 13.1. The number of halogens is 1. The van der Waals surface area contributed by atoms with Gasteiger partial charge in [-0.2, -0.15) is 0 Å². The molecule has 31 heavy (non-hydrogen) atoms. The molecule has 3 aliphatic heterocycles. The minimum Gasteiger partial charge on any atom is -0.507 e. The molecule has 1 atom stereocenters. The van der Waals surface area contributed by atoms with Crippen molar-refractivity contribution in [3.63, 3.8) is 0 Å². The first-order valence-corrected chi connectivity index (χ1v) is 11.3. The van der Waals surface area contributed by atoms with Crippen molar-refractivity contribution in [2.75, 3.05) is 19.9 Å². The number of piperidine rings is 1. The van der Waals surface area contributed by atoms with Crippen LogP contribution in [0.2, 0.25) is 0 Å². The molecule has 162 valence electrons. The van der Waals surface area contributed by atoms with Crippen LogP contribution in [-0.4, -0.2) is 35.7 Å². The van der Waals surface area contributed by atoms with Gasteiger partial charge in [-0.25, -0.2) is 0 Å². The number of hydrogen-bond acceptors (Lipinski definition) is 6. The third-order valence-electron chi connectivity index (χ3n) is 6.03. The van der Waals surface area contributed by atoms with Gasteiger partial charge in [-0.15, -0.1) is 0 Å². The van der Waals surface area contributed by atoms with Crippen molar-refractivity contribution in [3.8, 4) is 17.2 Å². The number of ether oxygens (including phenoxy) is 3. The van der Waals surface area contributed by atoms with Crippen molar-refractivity contribution >= 4 is 27.8 Å². The highest BCUT2D eigenvalue weighted by atomic mass is 79.9. The fourth-order valence-electron chi connectivity index (χ4n) is 4.56. The predicted molar refractivity (Wildman–Crippen MR) is 119 cm³/mol. The quantitative estimate of drug-likeness (QED) is 0.625. The smallest absolute Gasteiger partial charge is 0.231 e. The van der Waals surface area contributed by atoms with Crippen molar-refractivity contribution < 1.29 is 24.1 Å². The summed E-state index contributed by atoms with van der Waals surface area (Å²) < 4.78 is 18.0. The normalized spacial score (nSPS) is 22.1. The Kier molecular flexibility index (Phi) is 5.50. The molecule has 3 aliphatic rings. The van der Waals surface area contributed by atoms with Gasteiger partial charge in [0.2, 0.25) is 5.78 Å². The van der Waals surface area contributed by atoms with Crippen molar-refractivity contribution in [1.82, 2.24) is 4.90 Å². The van der Waals surface area contributed by atoms with Crippen LogP contribution in [0.4, 0.5) is 0 Å². The number of benzene rings is 2. The minimum atomic E-state index is -0.191. The molecule has 0 bridgehead atoms. The van der Waals surface area contributed by atoms with Crippen LogP contribution in [0.25, 0.3) is 6.08 Å². The number of hydrogen-bond donors (Lipinski definition) is 1. The summed E-state index contributed by atoms with van der Waals surface area (Å²) >= 11 is 3.51. The number of phenolic OH excluding ortho intramolecular Hbond substituents is 1. The zero-order valence-corrected chi connectivity index (χ0v) is 18.9. The van der Waals surface area contributed by atoms with Crippen molar-refractivity contribution in [1.29, 1.82) is 0 Å². The first kappa shape index (κ1) is 20.5. The Balaban J connectivity index is 1.49. The van der Waals surface area contributed by atoms with Gasteiger partial charge >= 0.3 is 0 Å². The van der Waals surface area contributed by atoms with E-state index in [0.29, 0.717) is 41.7 Å². The van der Waals surface area contributed by atoms with Gasteiger partial charge in [-0.05, 0) is 55.6 Å². The molecule has 0 aliphatic carbocycles. The van der Waals surface area contributed by atoms with Crippen LogP contribution in [0, 0.1) is 5.92 Å². The van der Waals surface area contributed by atoms with E-state index >= 15 is 0 Å². The zero-order valence-electron chi connectivity index (χ0n) is 17.3. The molecule has 0 radical (unpaired) electrons. The van der Waals surface area contributed by atoms with Crippen molar-refractivity contribution in [2.24, 2.45) is 5.92 Å². The Morgan fingerprint density at radius 3 is 3.00 bits per heavy atom. The summed E-state index contributed by atoms with van der Waals surface area (Å²) in [6, 6.07) is 7.06. The lowest BCUT2D eigenvalue weighted by atomic mass is 9.99. The first-order valence-electron chi connectivity index (χ1n) is 10.5. The number of ketones is 1. The zero-order chi connectivity index (χ0) is 21.5. The third-order valence-corrected chi connectivity index (χ3v) is 6.49. The van der Waals surface area contributed by atoms with Gasteiger partial charge in [0.15, 0.2) is 12.6 Å². The molecule has 0 spiro atoms. The molecule has 1 saturated heterocycles. The van der Waals surface area contributed by atoms with E-state index in [1.54, 1.807) is 18.2 Å². The van der Waals surface area contributed by atoms with Crippen LogP contribution in [-0.2, 0) is 17.9 Å². The summed E-state index contributed by atoms with van der Waals surface area (Å²) in [5, 5.41) is 10.6. The van der Waals surface area contributed by atoms with E-state index in [2.05, 4.69) is 27.8 Å². The molecule has 3 heterocycles. The molecular formula is C24H24BrNO5. The second-order valence-electron chi connectivity index (χ2n) is 8.46. The monoisotopic (exact) mass is 485 g/mol. The molecule has 0 saturated carbocycles. The van der Waals surface area contributed by atoms with Crippen molar-refractivity contribution in [3.05, 3.63) is 56.8 Å². The molecule has 1 fully saturated rings. The fourth-order valence-corrected chi connectivity index (χ4v) is 5.08. The molecular weight excluding hydrogens is 462 g/mol. The average Bonchev–Trinajstić information content (AvgIpc) is 3.06. The highest BCUT2D eigenvalue weighted by Crippen LogP contribution is 2.41. The molecule has 7 heteroatoms. The number of fused-ring (bicyclic) bond motifs is 2. The van der Waals surface area contributed by atoms with Gasteiger partial charge in [0.05, 0.1) is 17.7 Å². The summed E-state index contributed by atoms with van der Waals surface area (Å²) in [6.45, 7) is 5.39. The van der Waals surface area contributed by atoms with E-state index in [4.69, 9.17) is 14.2 Å². The molecule has 0 amide bonds. The van der Waals surface area contributed by atoms with Gasteiger partial charge in [-0.3, -0.25) is 9.69 Å². The van der Waals surface area contributed by atoms with Crippen LogP contribution in [0.15, 0.2) is 34.5 Å². The van der Waals surface area contributed by atoms with Crippen LogP contribution in [0.1, 0.15) is 46.8 Å². The average molecular weight is 486 g/mol. The van der Waals surface area contributed by atoms with E-state index in [1.807, 2.05) is 12.1 Å². The van der Waals surface area contributed by atoms with E-state index in [9.17, 15) is 9.90 Å². The van der Waals surface area contributed by atoms with Gasteiger partial charge < -0.3 is 19.3 Å². The minimum absolute atomic E-state index is 0.159. The lowest BCUT2D eigenvalue weighted by molar-refractivity contribution is -0.0165. The summed E-state index contributed by atoms with van der Waals surface area (Å²) in [5.41, 5.74) is 2.81. The highest BCUT2D eigenvalue weighted by Gasteiger charge is 2.32. The van der Waals surface area contributed by atoms with Crippen LogP contribution in [0.5, 0.6) is 17.2 Å². The van der Waals surface area contributed by atoms with Gasteiger partial charge in [0.1, 0.15) is 17.2 Å². The first-order chi connectivity index (χ1) is 15.0. The Labute approximate surface area is 189 Å². The van der Waals surface area contributed by atoms with Gasteiger partial charge in [0.25, 0.3) is 0 Å². The fraction of sp³-hybridized carbons (Fsp3) is 0.375. The predicted octanol–water partition coefficient (Wildman–Crippen LogP) is 4.87. The number of carbonyl (C=O) groups excluding carboxylic acids is 1.